The summed E-state index contributed by atoms with van der Waals surface area (Å²) < 4.78 is 5.21. The minimum Gasteiger partial charge on any atom is -0.497 e. The zero-order valence-electron chi connectivity index (χ0n) is 14.0. The summed E-state index contributed by atoms with van der Waals surface area (Å²) in [7, 11) is 1.61. The van der Waals surface area contributed by atoms with Crippen LogP contribution in [0.1, 0.15) is 12.5 Å². The van der Waals surface area contributed by atoms with Crippen LogP contribution in [-0.4, -0.2) is 34.7 Å². The molecule has 0 bridgehead atoms. The van der Waals surface area contributed by atoms with Crippen LogP contribution in [-0.2, 0) is 11.2 Å². The van der Waals surface area contributed by atoms with Crippen LogP contribution in [0.5, 0.6) is 5.75 Å². The highest BCUT2D eigenvalue weighted by Gasteiger charge is 2.19. The molecule has 3 aromatic rings. The first-order valence-corrected chi connectivity index (χ1v) is 8.70. The molecular formula is C18H18N4O2S. The number of hydrogen-bond donors (Lipinski definition) is 0. The molecule has 0 unspecified atom stereocenters. The molecule has 0 saturated carbocycles. The molecule has 0 radical (unpaired) electrons. The highest BCUT2D eigenvalue weighted by Crippen LogP contribution is 2.28. The predicted molar refractivity (Wildman–Crippen MR) is 97.9 cm³/mol. The summed E-state index contributed by atoms with van der Waals surface area (Å²) in [6.07, 6.45) is 3.73. The Bertz CT molecular complexity index is 851. The van der Waals surface area contributed by atoms with Crippen LogP contribution < -0.4 is 9.64 Å². The molecule has 2 aromatic heterocycles. The van der Waals surface area contributed by atoms with Crippen LogP contribution in [0, 0.1) is 0 Å². The van der Waals surface area contributed by atoms with Crippen molar-refractivity contribution in [2.45, 2.75) is 13.3 Å². The monoisotopic (exact) mass is 354 g/mol. The van der Waals surface area contributed by atoms with E-state index < -0.39 is 0 Å². The maximum absolute atomic E-state index is 12.7. The van der Waals surface area contributed by atoms with Gasteiger partial charge in [-0.2, -0.15) is 0 Å². The summed E-state index contributed by atoms with van der Waals surface area (Å²) in [5, 5.41) is 9.71. The number of amides is 1. The van der Waals surface area contributed by atoms with E-state index in [0.29, 0.717) is 11.7 Å². The average Bonchev–Trinajstić information content (AvgIpc) is 3.13. The third kappa shape index (κ3) is 4.00. The highest BCUT2D eigenvalue weighted by atomic mass is 32.1. The van der Waals surface area contributed by atoms with Crippen LogP contribution in [0.4, 0.5) is 5.13 Å². The Balaban J connectivity index is 1.77. The SMILES string of the molecule is CCN(C(=O)Cc1cccc(OC)c1)c1nnc(-c2cccnc2)s1. The maximum Gasteiger partial charge on any atom is 0.233 e. The molecule has 3 rings (SSSR count). The smallest absolute Gasteiger partial charge is 0.233 e. The molecule has 0 N–H and O–H groups in total. The largest absolute Gasteiger partial charge is 0.497 e. The highest BCUT2D eigenvalue weighted by molar-refractivity contribution is 7.18. The second-order valence-corrected chi connectivity index (χ2v) is 6.25. The Labute approximate surface area is 150 Å². The first-order chi connectivity index (χ1) is 12.2. The first kappa shape index (κ1) is 17.0. The molecule has 0 aliphatic carbocycles. The lowest BCUT2D eigenvalue weighted by Crippen LogP contribution is -2.31. The number of aromatic nitrogens is 3. The molecule has 1 aromatic carbocycles. The van der Waals surface area contributed by atoms with E-state index in [-0.39, 0.29) is 12.3 Å². The Morgan fingerprint density at radius 2 is 2.12 bits per heavy atom. The van der Waals surface area contributed by atoms with Crippen molar-refractivity contribution < 1.29 is 9.53 Å². The molecule has 25 heavy (non-hydrogen) atoms. The molecule has 0 fully saturated rings. The van der Waals surface area contributed by atoms with Gasteiger partial charge in [0.25, 0.3) is 0 Å². The number of benzene rings is 1. The minimum atomic E-state index is -0.0235. The molecule has 2 heterocycles. The minimum absolute atomic E-state index is 0.0235. The van der Waals surface area contributed by atoms with Crippen molar-refractivity contribution in [2.75, 3.05) is 18.6 Å². The van der Waals surface area contributed by atoms with E-state index in [2.05, 4.69) is 15.2 Å². The number of methoxy groups -OCH3 is 1. The van der Waals surface area contributed by atoms with E-state index in [1.54, 1.807) is 24.4 Å². The van der Waals surface area contributed by atoms with Crippen LogP contribution in [0.15, 0.2) is 48.8 Å². The van der Waals surface area contributed by atoms with E-state index in [1.807, 2.05) is 43.3 Å². The number of pyridine rings is 1. The number of ether oxygens (including phenoxy) is 1. The van der Waals surface area contributed by atoms with Gasteiger partial charge in [-0.15, -0.1) is 10.2 Å². The van der Waals surface area contributed by atoms with E-state index in [9.17, 15) is 4.79 Å². The molecule has 6 nitrogen and oxygen atoms in total. The Kier molecular flexibility index (Phi) is 5.35. The summed E-state index contributed by atoms with van der Waals surface area (Å²) in [6, 6.07) is 11.3. The predicted octanol–water partition coefficient (Wildman–Crippen LogP) is 3.20. The summed E-state index contributed by atoms with van der Waals surface area (Å²) in [5.74, 6) is 0.716. The number of hydrogen-bond acceptors (Lipinski definition) is 6. The lowest BCUT2D eigenvalue weighted by molar-refractivity contribution is -0.117. The van der Waals surface area contributed by atoms with Crippen molar-refractivity contribution in [3.8, 4) is 16.3 Å². The lowest BCUT2D eigenvalue weighted by Gasteiger charge is -2.17. The van der Waals surface area contributed by atoms with Crippen molar-refractivity contribution in [3.63, 3.8) is 0 Å². The van der Waals surface area contributed by atoms with E-state index in [0.717, 1.165) is 21.9 Å². The van der Waals surface area contributed by atoms with Crippen molar-refractivity contribution in [3.05, 3.63) is 54.4 Å². The molecule has 1 amide bonds. The molecule has 128 valence electrons. The number of likely N-dealkylation sites (N-methyl/N-ethyl adjacent to an activating group) is 1. The normalized spacial score (nSPS) is 10.5. The van der Waals surface area contributed by atoms with Gasteiger partial charge in [-0.1, -0.05) is 23.5 Å². The number of carbonyl (C=O) groups is 1. The summed E-state index contributed by atoms with van der Waals surface area (Å²) in [6.45, 7) is 2.46. The third-order valence-electron chi connectivity index (χ3n) is 3.66. The van der Waals surface area contributed by atoms with E-state index >= 15 is 0 Å². The number of nitrogens with zero attached hydrogens (tertiary/aromatic N) is 4. The third-order valence-corrected chi connectivity index (χ3v) is 4.66. The second-order valence-electron chi connectivity index (χ2n) is 5.30. The van der Waals surface area contributed by atoms with Gasteiger partial charge in [-0.25, -0.2) is 0 Å². The Morgan fingerprint density at radius 1 is 1.24 bits per heavy atom. The van der Waals surface area contributed by atoms with Crippen LogP contribution in [0.25, 0.3) is 10.6 Å². The molecule has 0 atom stereocenters. The van der Waals surface area contributed by atoms with Crippen molar-refractivity contribution in [1.82, 2.24) is 15.2 Å². The fourth-order valence-corrected chi connectivity index (χ4v) is 3.32. The summed E-state index contributed by atoms with van der Waals surface area (Å²) in [4.78, 5) is 18.4. The van der Waals surface area contributed by atoms with E-state index in [1.165, 1.54) is 11.3 Å². The molecule has 7 heteroatoms. The number of carbonyl (C=O) groups excluding carboxylic acids is 1. The molecule has 0 aliphatic rings. The van der Waals surface area contributed by atoms with Gasteiger partial charge >= 0.3 is 0 Å². The fourth-order valence-electron chi connectivity index (χ4n) is 2.40. The quantitative estimate of drug-likeness (QED) is 0.680. The van der Waals surface area contributed by atoms with Crippen LogP contribution >= 0.6 is 11.3 Å². The maximum atomic E-state index is 12.7. The van der Waals surface area contributed by atoms with Gasteiger partial charge in [0, 0.05) is 24.5 Å². The topological polar surface area (TPSA) is 68.2 Å². The van der Waals surface area contributed by atoms with Crippen molar-refractivity contribution in [2.24, 2.45) is 0 Å². The second kappa shape index (κ2) is 7.85. The Morgan fingerprint density at radius 3 is 2.84 bits per heavy atom. The fraction of sp³-hybridized carbons (Fsp3) is 0.222. The van der Waals surface area contributed by atoms with Gasteiger partial charge in [0.15, 0.2) is 5.01 Å². The van der Waals surface area contributed by atoms with Gasteiger partial charge in [0.1, 0.15) is 5.75 Å². The van der Waals surface area contributed by atoms with Gasteiger partial charge in [-0.3, -0.25) is 14.7 Å². The Hall–Kier alpha value is -2.80. The molecular weight excluding hydrogens is 336 g/mol. The van der Waals surface area contributed by atoms with Crippen LogP contribution in [0.2, 0.25) is 0 Å². The zero-order valence-corrected chi connectivity index (χ0v) is 14.9. The van der Waals surface area contributed by atoms with Gasteiger partial charge in [0.2, 0.25) is 11.0 Å². The standard InChI is InChI=1S/C18H18N4O2S/c1-3-22(16(23)11-13-6-4-8-15(10-13)24-2)18-21-20-17(25-18)14-7-5-9-19-12-14/h4-10,12H,3,11H2,1-2H3. The zero-order chi connectivity index (χ0) is 17.6. The van der Waals surface area contributed by atoms with Crippen molar-refractivity contribution in [1.29, 1.82) is 0 Å². The van der Waals surface area contributed by atoms with Gasteiger partial charge < -0.3 is 4.74 Å². The van der Waals surface area contributed by atoms with E-state index in [4.69, 9.17) is 4.74 Å². The molecule has 0 aliphatic heterocycles. The number of rotatable bonds is 6. The molecule has 0 spiro atoms. The van der Waals surface area contributed by atoms with Gasteiger partial charge in [-0.05, 0) is 36.8 Å². The van der Waals surface area contributed by atoms with Crippen molar-refractivity contribution >= 4 is 22.4 Å². The summed E-state index contributed by atoms with van der Waals surface area (Å²) >= 11 is 1.38. The lowest BCUT2D eigenvalue weighted by atomic mass is 10.1. The van der Waals surface area contributed by atoms with Crippen LogP contribution in [0.3, 0.4) is 0 Å². The summed E-state index contributed by atoms with van der Waals surface area (Å²) in [5.41, 5.74) is 1.79. The molecule has 0 saturated heterocycles. The first-order valence-electron chi connectivity index (χ1n) is 7.88. The average molecular weight is 354 g/mol. The number of anilines is 1. The van der Waals surface area contributed by atoms with Gasteiger partial charge in [0.05, 0.1) is 13.5 Å².